The standard InChI is InChI=1S/C17H25N5O2/c1-12-18-13(2)22(20-12)10-14-7-6-8-15(9-14)19-16(23)21(5)11-17(3,4)24/h6-9,24H,10-11H2,1-5H3,(H,19,23). The number of anilines is 1. The highest BCUT2D eigenvalue weighted by molar-refractivity contribution is 5.89. The first kappa shape index (κ1) is 17.9. The molecule has 7 nitrogen and oxygen atoms in total. The Bertz CT molecular complexity index is 718. The molecule has 1 heterocycles. The van der Waals surface area contributed by atoms with Crippen LogP contribution in [0.4, 0.5) is 10.5 Å². The van der Waals surface area contributed by atoms with Crippen LogP contribution in [0.15, 0.2) is 24.3 Å². The van der Waals surface area contributed by atoms with Crippen LogP contribution in [0.5, 0.6) is 0 Å². The number of amides is 2. The fourth-order valence-corrected chi connectivity index (χ4v) is 2.50. The molecule has 24 heavy (non-hydrogen) atoms. The fourth-order valence-electron chi connectivity index (χ4n) is 2.50. The number of hydrogen-bond donors (Lipinski definition) is 2. The number of carbonyl (C=O) groups excluding carboxylic acids is 1. The van der Waals surface area contributed by atoms with Crippen LogP contribution in [0.1, 0.15) is 31.1 Å². The number of aliphatic hydroxyl groups is 1. The number of carbonyl (C=O) groups is 1. The van der Waals surface area contributed by atoms with E-state index in [4.69, 9.17) is 0 Å². The van der Waals surface area contributed by atoms with Gasteiger partial charge in [-0.1, -0.05) is 12.1 Å². The van der Waals surface area contributed by atoms with Gasteiger partial charge in [-0.3, -0.25) is 0 Å². The molecule has 0 unspecified atom stereocenters. The Morgan fingerprint density at radius 2 is 2.08 bits per heavy atom. The van der Waals surface area contributed by atoms with E-state index < -0.39 is 5.60 Å². The van der Waals surface area contributed by atoms with Gasteiger partial charge in [0.1, 0.15) is 11.6 Å². The predicted molar refractivity (Wildman–Crippen MR) is 93.0 cm³/mol. The number of benzene rings is 1. The van der Waals surface area contributed by atoms with Crippen molar-refractivity contribution in [2.75, 3.05) is 18.9 Å². The van der Waals surface area contributed by atoms with Gasteiger partial charge in [0, 0.05) is 12.7 Å². The molecule has 2 N–H and O–H groups in total. The highest BCUT2D eigenvalue weighted by Gasteiger charge is 2.19. The van der Waals surface area contributed by atoms with E-state index in [1.165, 1.54) is 4.90 Å². The maximum absolute atomic E-state index is 12.2. The van der Waals surface area contributed by atoms with Crippen LogP contribution in [0.3, 0.4) is 0 Å². The van der Waals surface area contributed by atoms with E-state index in [0.29, 0.717) is 12.2 Å². The van der Waals surface area contributed by atoms with Crippen molar-refractivity contribution in [3.8, 4) is 0 Å². The van der Waals surface area contributed by atoms with Crippen LogP contribution < -0.4 is 5.32 Å². The lowest BCUT2D eigenvalue weighted by atomic mass is 10.1. The van der Waals surface area contributed by atoms with E-state index in [1.807, 2.05) is 42.8 Å². The molecule has 0 fully saturated rings. The number of rotatable bonds is 5. The molecule has 0 bridgehead atoms. The monoisotopic (exact) mass is 331 g/mol. The maximum atomic E-state index is 12.2. The van der Waals surface area contributed by atoms with Crippen molar-refractivity contribution in [3.05, 3.63) is 41.5 Å². The molecule has 2 aromatic rings. The Balaban J connectivity index is 2.05. The molecule has 0 radical (unpaired) electrons. The van der Waals surface area contributed by atoms with Gasteiger partial charge < -0.3 is 15.3 Å². The summed E-state index contributed by atoms with van der Waals surface area (Å²) in [5, 5.41) is 17.0. The zero-order valence-corrected chi connectivity index (χ0v) is 14.9. The third-order valence-electron chi connectivity index (χ3n) is 3.44. The van der Waals surface area contributed by atoms with Crippen molar-refractivity contribution >= 4 is 11.7 Å². The number of hydrogen-bond acceptors (Lipinski definition) is 4. The Hall–Kier alpha value is -2.41. The summed E-state index contributed by atoms with van der Waals surface area (Å²) in [6.45, 7) is 7.95. The zero-order chi connectivity index (χ0) is 17.9. The number of urea groups is 1. The summed E-state index contributed by atoms with van der Waals surface area (Å²) in [4.78, 5) is 17.9. The zero-order valence-electron chi connectivity index (χ0n) is 14.9. The van der Waals surface area contributed by atoms with Crippen molar-refractivity contribution in [3.63, 3.8) is 0 Å². The van der Waals surface area contributed by atoms with Crippen LogP contribution in [0.2, 0.25) is 0 Å². The highest BCUT2D eigenvalue weighted by Crippen LogP contribution is 2.14. The first-order chi connectivity index (χ1) is 11.1. The van der Waals surface area contributed by atoms with Gasteiger partial charge in [-0.15, -0.1) is 0 Å². The summed E-state index contributed by atoms with van der Waals surface area (Å²) in [5.74, 6) is 1.59. The van der Waals surface area contributed by atoms with Gasteiger partial charge >= 0.3 is 6.03 Å². The first-order valence-corrected chi connectivity index (χ1v) is 7.85. The largest absolute Gasteiger partial charge is 0.389 e. The van der Waals surface area contributed by atoms with Crippen LogP contribution in [-0.2, 0) is 6.54 Å². The fraction of sp³-hybridized carbons (Fsp3) is 0.471. The molecule has 1 aromatic heterocycles. The molecule has 0 spiro atoms. The summed E-state index contributed by atoms with van der Waals surface area (Å²) in [6.07, 6.45) is 0. The van der Waals surface area contributed by atoms with E-state index >= 15 is 0 Å². The van der Waals surface area contributed by atoms with Gasteiger partial charge in [0.05, 0.1) is 18.7 Å². The second-order valence-corrected chi connectivity index (χ2v) is 6.66. The highest BCUT2D eigenvalue weighted by atomic mass is 16.3. The summed E-state index contributed by atoms with van der Waals surface area (Å²) in [6, 6.07) is 7.35. The van der Waals surface area contributed by atoms with Gasteiger partial charge in [-0.25, -0.2) is 14.5 Å². The van der Waals surface area contributed by atoms with Crippen molar-refractivity contribution in [1.29, 1.82) is 0 Å². The smallest absolute Gasteiger partial charge is 0.321 e. The molecule has 0 saturated carbocycles. The molecule has 0 saturated heterocycles. The van der Waals surface area contributed by atoms with Crippen molar-refractivity contribution in [2.45, 2.75) is 39.8 Å². The van der Waals surface area contributed by atoms with E-state index in [2.05, 4.69) is 15.4 Å². The van der Waals surface area contributed by atoms with Gasteiger partial charge in [0.2, 0.25) is 0 Å². The maximum Gasteiger partial charge on any atom is 0.321 e. The Morgan fingerprint density at radius 3 is 2.67 bits per heavy atom. The third kappa shape index (κ3) is 5.06. The van der Waals surface area contributed by atoms with Crippen molar-refractivity contribution in [1.82, 2.24) is 19.7 Å². The molecule has 2 rings (SSSR count). The van der Waals surface area contributed by atoms with Crippen LogP contribution >= 0.6 is 0 Å². The number of nitrogens with zero attached hydrogens (tertiary/aromatic N) is 4. The summed E-state index contributed by atoms with van der Waals surface area (Å²) in [7, 11) is 1.65. The minimum Gasteiger partial charge on any atom is -0.389 e. The topological polar surface area (TPSA) is 83.3 Å². The molecule has 0 aliphatic rings. The quantitative estimate of drug-likeness (QED) is 0.879. The van der Waals surface area contributed by atoms with Gasteiger partial charge in [-0.05, 0) is 45.4 Å². The number of nitrogens with one attached hydrogen (secondary N) is 1. The van der Waals surface area contributed by atoms with E-state index in [1.54, 1.807) is 20.9 Å². The average molecular weight is 331 g/mol. The lowest BCUT2D eigenvalue weighted by molar-refractivity contribution is 0.0550. The van der Waals surface area contributed by atoms with E-state index in [0.717, 1.165) is 17.2 Å². The average Bonchev–Trinajstić information content (AvgIpc) is 2.75. The number of aryl methyl sites for hydroxylation is 2. The lowest BCUT2D eigenvalue weighted by Gasteiger charge is -2.25. The third-order valence-corrected chi connectivity index (χ3v) is 3.44. The molecule has 2 amide bonds. The molecule has 130 valence electrons. The predicted octanol–water partition coefficient (Wildman–Crippen LogP) is 2.18. The normalized spacial score (nSPS) is 11.4. The minimum atomic E-state index is -0.934. The second-order valence-electron chi connectivity index (χ2n) is 6.66. The molecule has 0 atom stereocenters. The first-order valence-electron chi connectivity index (χ1n) is 7.85. The van der Waals surface area contributed by atoms with Crippen molar-refractivity contribution < 1.29 is 9.90 Å². The second kappa shape index (κ2) is 7.00. The van der Waals surface area contributed by atoms with Gasteiger partial charge in [0.15, 0.2) is 0 Å². The van der Waals surface area contributed by atoms with E-state index in [9.17, 15) is 9.90 Å². The molecule has 0 aliphatic heterocycles. The molecular weight excluding hydrogens is 306 g/mol. The number of likely N-dealkylation sites (N-methyl/N-ethyl adjacent to an activating group) is 1. The van der Waals surface area contributed by atoms with Crippen LogP contribution in [-0.4, -0.2) is 50.0 Å². The Labute approximate surface area is 142 Å². The lowest BCUT2D eigenvalue weighted by Crippen LogP contribution is -2.41. The van der Waals surface area contributed by atoms with Crippen LogP contribution in [0, 0.1) is 13.8 Å². The van der Waals surface area contributed by atoms with Gasteiger partial charge in [-0.2, -0.15) is 5.10 Å². The van der Waals surface area contributed by atoms with Crippen LogP contribution in [0.25, 0.3) is 0 Å². The Morgan fingerprint density at radius 1 is 1.38 bits per heavy atom. The summed E-state index contributed by atoms with van der Waals surface area (Å²) in [5.41, 5.74) is 0.789. The molecule has 1 aromatic carbocycles. The minimum absolute atomic E-state index is 0.246. The molecule has 7 heteroatoms. The van der Waals surface area contributed by atoms with E-state index in [-0.39, 0.29) is 12.6 Å². The Kier molecular flexibility index (Phi) is 5.23. The molecular formula is C17H25N5O2. The van der Waals surface area contributed by atoms with Gasteiger partial charge in [0.25, 0.3) is 0 Å². The number of aromatic nitrogens is 3. The summed E-state index contributed by atoms with van der Waals surface area (Å²) < 4.78 is 1.83. The van der Waals surface area contributed by atoms with Crippen molar-refractivity contribution in [2.24, 2.45) is 0 Å². The molecule has 0 aliphatic carbocycles. The SMILES string of the molecule is Cc1nc(C)n(Cc2cccc(NC(=O)N(C)CC(C)(C)O)c2)n1. The summed E-state index contributed by atoms with van der Waals surface area (Å²) >= 11 is 0.